The standard InChI is InChI=1S/C35H56N8O4/c1-5-20-40(21-6-2)22-9-10-23-41(24-15-34(44)46-29-47-35(45)43(7-3)8-4)25-30-11-13-31(14-12-30)26-42(27-32-36-16-17-37-32)28-33-38-18-19-39-33/h11-14,16-19H,5-10,15,20-29H2,1-4H3,(H,36,37)(H,38,39). The topological polar surface area (TPSA) is 123 Å². The Hall–Kier alpha value is -3.74. The van der Waals surface area contributed by atoms with E-state index >= 15 is 0 Å². The van der Waals surface area contributed by atoms with Crippen LogP contribution in [0.2, 0.25) is 0 Å². The molecule has 47 heavy (non-hydrogen) atoms. The normalized spacial score (nSPS) is 11.5. The number of benzene rings is 1. The van der Waals surface area contributed by atoms with Crippen molar-refractivity contribution in [2.45, 2.75) is 86.0 Å². The Balaban J connectivity index is 1.56. The summed E-state index contributed by atoms with van der Waals surface area (Å²) >= 11 is 0. The fraction of sp³-hybridized carbons (Fsp3) is 0.600. The smallest absolute Gasteiger partial charge is 0.412 e. The first-order valence-corrected chi connectivity index (χ1v) is 17.2. The molecule has 0 aliphatic rings. The zero-order valence-corrected chi connectivity index (χ0v) is 29.0. The molecule has 0 bridgehead atoms. The molecule has 0 saturated heterocycles. The Kier molecular flexibility index (Phi) is 17.6. The first-order chi connectivity index (χ1) is 22.9. The number of H-pyrrole nitrogens is 2. The first-order valence-electron chi connectivity index (χ1n) is 17.2. The maximum atomic E-state index is 12.5. The lowest BCUT2D eigenvalue weighted by atomic mass is 10.1. The molecule has 12 nitrogen and oxygen atoms in total. The molecule has 0 unspecified atom stereocenters. The number of unbranched alkanes of at least 4 members (excludes halogenated alkanes) is 1. The van der Waals surface area contributed by atoms with Crippen molar-refractivity contribution in [3.63, 3.8) is 0 Å². The number of carbonyl (C=O) groups excluding carboxylic acids is 2. The predicted molar refractivity (Wildman–Crippen MR) is 183 cm³/mol. The van der Waals surface area contributed by atoms with E-state index in [9.17, 15) is 9.59 Å². The van der Waals surface area contributed by atoms with E-state index in [1.165, 1.54) is 11.1 Å². The summed E-state index contributed by atoms with van der Waals surface area (Å²) in [6.07, 6.45) is 11.5. The number of nitrogens with zero attached hydrogens (tertiary/aromatic N) is 6. The number of esters is 1. The number of ether oxygens (including phenoxy) is 2. The molecule has 0 aliphatic heterocycles. The second-order valence-electron chi connectivity index (χ2n) is 11.8. The average molecular weight is 653 g/mol. The molecule has 260 valence electrons. The lowest BCUT2D eigenvalue weighted by Crippen LogP contribution is -2.32. The Morgan fingerprint density at radius 3 is 1.68 bits per heavy atom. The molecule has 2 heterocycles. The Morgan fingerprint density at radius 1 is 0.660 bits per heavy atom. The van der Waals surface area contributed by atoms with Gasteiger partial charge in [-0.05, 0) is 76.8 Å². The van der Waals surface area contributed by atoms with Crippen LogP contribution in [-0.4, -0.2) is 104 Å². The van der Waals surface area contributed by atoms with Gasteiger partial charge in [0, 0.05) is 57.5 Å². The highest BCUT2D eigenvalue weighted by Crippen LogP contribution is 2.14. The summed E-state index contributed by atoms with van der Waals surface area (Å²) in [5, 5.41) is 0. The summed E-state index contributed by atoms with van der Waals surface area (Å²) < 4.78 is 10.3. The lowest BCUT2D eigenvalue weighted by Gasteiger charge is -2.24. The number of nitrogens with one attached hydrogen (secondary N) is 2. The van der Waals surface area contributed by atoms with Gasteiger partial charge in [0.05, 0.1) is 19.5 Å². The van der Waals surface area contributed by atoms with Gasteiger partial charge in [-0.3, -0.25) is 14.6 Å². The Labute approximate surface area is 280 Å². The SMILES string of the molecule is CCCN(CCC)CCCCN(CCC(=O)OCOC(=O)N(CC)CC)Cc1ccc(CN(Cc2ncc[nH]2)Cc2ncc[nH]2)cc1. The molecule has 0 fully saturated rings. The van der Waals surface area contributed by atoms with Crippen molar-refractivity contribution in [3.05, 3.63) is 71.8 Å². The third-order valence-corrected chi connectivity index (χ3v) is 8.03. The van der Waals surface area contributed by atoms with Crippen molar-refractivity contribution in [1.82, 2.24) is 39.5 Å². The van der Waals surface area contributed by atoms with E-state index in [1.54, 1.807) is 17.3 Å². The first kappa shape index (κ1) is 37.7. The van der Waals surface area contributed by atoms with Gasteiger partial charge in [0.2, 0.25) is 6.79 Å². The average Bonchev–Trinajstić information content (AvgIpc) is 3.78. The van der Waals surface area contributed by atoms with Gasteiger partial charge in [-0.15, -0.1) is 0 Å². The third kappa shape index (κ3) is 14.7. The van der Waals surface area contributed by atoms with Gasteiger partial charge < -0.3 is 29.2 Å². The highest BCUT2D eigenvalue weighted by molar-refractivity contribution is 5.70. The maximum absolute atomic E-state index is 12.5. The van der Waals surface area contributed by atoms with E-state index in [-0.39, 0.29) is 19.2 Å². The largest absolute Gasteiger partial charge is 0.428 e. The molecule has 0 aliphatic carbocycles. The van der Waals surface area contributed by atoms with Crippen molar-refractivity contribution in [1.29, 1.82) is 0 Å². The number of hydrogen-bond acceptors (Lipinski definition) is 9. The number of amides is 1. The van der Waals surface area contributed by atoms with E-state index in [0.29, 0.717) is 32.7 Å². The van der Waals surface area contributed by atoms with Crippen LogP contribution in [0.25, 0.3) is 0 Å². The number of aromatic nitrogens is 4. The highest BCUT2D eigenvalue weighted by atomic mass is 16.7. The molecule has 0 spiro atoms. The number of hydrogen-bond donors (Lipinski definition) is 2. The second kappa shape index (κ2) is 21.9. The fourth-order valence-corrected chi connectivity index (χ4v) is 5.58. The Bertz CT molecular complexity index is 1190. The van der Waals surface area contributed by atoms with Crippen LogP contribution in [0.3, 0.4) is 0 Å². The minimum Gasteiger partial charge on any atom is -0.428 e. The van der Waals surface area contributed by atoms with Crippen LogP contribution >= 0.6 is 0 Å². The maximum Gasteiger partial charge on any atom is 0.412 e. The Morgan fingerprint density at radius 2 is 1.19 bits per heavy atom. The van der Waals surface area contributed by atoms with Crippen LogP contribution in [-0.2, 0) is 40.4 Å². The van der Waals surface area contributed by atoms with Gasteiger partial charge in [-0.25, -0.2) is 14.8 Å². The highest BCUT2D eigenvalue weighted by Gasteiger charge is 2.15. The minimum atomic E-state index is -0.474. The van der Waals surface area contributed by atoms with Crippen LogP contribution < -0.4 is 0 Å². The number of rotatable bonds is 24. The molecule has 1 aromatic carbocycles. The summed E-state index contributed by atoms with van der Waals surface area (Å²) in [7, 11) is 0. The van der Waals surface area contributed by atoms with Gasteiger partial charge in [0.15, 0.2) is 0 Å². The zero-order valence-electron chi connectivity index (χ0n) is 29.0. The van der Waals surface area contributed by atoms with E-state index in [0.717, 1.165) is 76.6 Å². The quantitative estimate of drug-likeness (QED) is 0.0743. The summed E-state index contributed by atoms with van der Waals surface area (Å²) in [6, 6.07) is 8.71. The van der Waals surface area contributed by atoms with Crippen LogP contribution in [0.5, 0.6) is 0 Å². The molecular formula is C35H56N8O4. The molecule has 12 heteroatoms. The molecule has 1 amide bonds. The van der Waals surface area contributed by atoms with Crippen molar-refractivity contribution in [2.24, 2.45) is 0 Å². The van der Waals surface area contributed by atoms with Crippen LogP contribution in [0, 0.1) is 0 Å². The van der Waals surface area contributed by atoms with Crippen molar-refractivity contribution >= 4 is 12.1 Å². The predicted octanol–water partition coefficient (Wildman–Crippen LogP) is 5.41. The zero-order chi connectivity index (χ0) is 33.7. The van der Waals surface area contributed by atoms with E-state index in [4.69, 9.17) is 9.47 Å². The van der Waals surface area contributed by atoms with Crippen LogP contribution in [0.1, 0.15) is 82.6 Å². The second-order valence-corrected chi connectivity index (χ2v) is 11.8. The monoisotopic (exact) mass is 652 g/mol. The van der Waals surface area contributed by atoms with E-state index in [1.807, 2.05) is 26.2 Å². The molecule has 2 aromatic heterocycles. The third-order valence-electron chi connectivity index (χ3n) is 8.03. The van der Waals surface area contributed by atoms with Crippen molar-refractivity contribution < 1.29 is 19.1 Å². The van der Waals surface area contributed by atoms with Gasteiger partial charge >= 0.3 is 12.1 Å². The molecule has 2 N–H and O–H groups in total. The molecule has 3 aromatic rings. The van der Waals surface area contributed by atoms with Gasteiger partial charge in [-0.1, -0.05) is 38.1 Å². The summed E-state index contributed by atoms with van der Waals surface area (Å²) in [4.78, 5) is 48.5. The van der Waals surface area contributed by atoms with E-state index in [2.05, 4.69) is 72.7 Å². The van der Waals surface area contributed by atoms with E-state index < -0.39 is 6.09 Å². The number of aromatic amines is 2. The summed E-state index contributed by atoms with van der Waals surface area (Å²) in [5.41, 5.74) is 2.39. The summed E-state index contributed by atoms with van der Waals surface area (Å²) in [6.45, 7) is 16.6. The van der Waals surface area contributed by atoms with Gasteiger partial charge in [-0.2, -0.15) is 0 Å². The molecule has 3 rings (SSSR count). The minimum absolute atomic E-state index is 0.229. The fourth-order valence-electron chi connectivity index (χ4n) is 5.58. The van der Waals surface area contributed by atoms with Crippen molar-refractivity contribution in [2.75, 3.05) is 52.6 Å². The van der Waals surface area contributed by atoms with Gasteiger partial charge in [0.25, 0.3) is 0 Å². The molecule has 0 radical (unpaired) electrons. The van der Waals surface area contributed by atoms with Crippen LogP contribution in [0.15, 0.2) is 49.1 Å². The number of imidazole rings is 2. The molecular weight excluding hydrogens is 596 g/mol. The molecule has 0 atom stereocenters. The lowest BCUT2D eigenvalue weighted by molar-refractivity contribution is -0.152. The molecule has 0 saturated carbocycles. The van der Waals surface area contributed by atoms with Crippen LogP contribution in [0.4, 0.5) is 4.79 Å². The van der Waals surface area contributed by atoms with Crippen molar-refractivity contribution in [3.8, 4) is 0 Å². The number of carbonyl (C=O) groups is 2. The summed E-state index contributed by atoms with van der Waals surface area (Å²) in [5.74, 6) is 1.46. The van der Waals surface area contributed by atoms with Gasteiger partial charge in [0.1, 0.15) is 11.6 Å².